The summed E-state index contributed by atoms with van der Waals surface area (Å²) in [6.07, 6.45) is 0. The fourth-order valence-corrected chi connectivity index (χ4v) is 3.86. The number of nitrogens with zero attached hydrogens (tertiary/aromatic N) is 1. The van der Waals surface area contributed by atoms with E-state index in [1.165, 1.54) is 0 Å². The van der Waals surface area contributed by atoms with Crippen LogP contribution in [0, 0.1) is 10.1 Å². The zero-order valence-electron chi connectivity index (χ0n) is 16.8. The predicted molar refractivity (Wildman–Crippen MR) is 117 cm³/mol. The molecule has 1 atom stereocenters. The van der Waals surface area contributed by atoms with Gasteiger partial charge in [-0.2, -0.15) is 0 Å². The van der Waals surface area contributed by atoms with Gasteiger partial charge in [0, 0.05) is 15.8 Å². The van der Waals surface area contributed by atoms with Gasteiger partial charge in [-0.3, -0.25) is 10.1 Å². The second kappa shape index (κ2) is 8.29. The van der Waals surface area contributed by atoms with E-state index in [1.807, 2.05) is 72.8 Å². The number of aromatic amines is 1. The first-order chi connectivity index (χ1) is 14.6. The lowest BCUT2D eigenvalue weighted by Gasteiger charge is -2.16. The van der Waals surface area contributed by atoms with Gasteiger partial charge in [0.15, 0.2) is 0 Å². The lowest BCUT2D eigenvalue weighted by atomic mass is 9.87. The minimum Gasteiger partial charge on any atom is -0.497 e. The molecule has 0 bridgehead atoms. The van der Waals surface area contributed by atoms with E-state index in [4.69, 9.17) is 9.47 Å². The van der Waals surface area contributed by atoms with E-state index in [-0.39, 0.29) is 11.5 Å². The number of aromatic nitrogens is 1. The van der Waals surface area contributed by atoms with Crippen LogP contribution in [0.2, 0.25) is 0 Å². The Morgan fingerprint density at radius 3 is 2.10 bits per heavy atom. The Labute approximate surface area is 174 Å². The Kier molecular flexibility index (Phi) is 5.39. The van der Waals surface area contributed by atoms with Gasteiger partial charge in [0.2, 0.25) is 6.54 Å². The van der Waals surface area contributed by atoms with Crippen LogP contribution in [0.15, 0.2) is 72.8 Å². The van der Waals surface area contributed by atoms with Crippen LogP contribution in [0.3, 0.4) is 0 Å². The number of rotatable bonds is 7. The summed E-state index contributed by atoms with van der Waals surface area (Å²) in [5.41, 5.74) is 4.55. The molecule has 0 aliphatic rings. The van der Waals surface area contributed by atoms with Gasteiger partial charge < -0.3 is 14.5 Å². The summed E-state index contributed by atoms with van der Waals surface area (Å²) in [5.74, 6) is 1.06. The van der Waals surface area contributed by atoms with Gasteiger partial charge in [-0.25, -0.2) is 0 Å². The van der Waals surface area contributed by atoms with Gasteiger partial charge in [-0.05, 0) is 59.2 Å². The molecule has 30 heavy (non-hydrogen) atoms. The van der Waals surface area contributed by atoms with Gasteiger partial charge in [0.05, 0.1) is 25.8 Å². The molecule has 0 aliphatic carbocycles. The molecule has 0 spiro atoms. The van der Waals surface area contributed by atoms with Gasteiger partial charge >= 0.3 is 0 Å². The van der Waals surface area contributed by atoms with E-state index >= 15 is 0 Å². The number of methoxy groups -OCH3 is 2. The maximum Gasteiger partial charge on any atom is 0.214 e. The first-order valence-electron chi connectivity index (χ1n) is 9.61. The fourth-order valence-electron chi connectivity index (χ4n) is 3.86. The number of H-pyrrole nitrogens is 1. The largest absolute Gasteiger partial charge is 0.497 e. The third-order valence-corrected chi connectivity index (χ3v) is 5.32. The average Bonchev–Trinajstić information content (AvgIpc) is 3.17. The van der Waals surface area contributed by atoms with Crippen molar-refractivity contribution in [1.82, 2.24) is 4.98 Å². The second-order valence-electron chi connectivity index (χ2n) is 7.03. The van der Waals surface area contributed by atoms with E-state index < -0.39 is 5.92 Å². The number of nitrogens with one attached hydrogen (secondary N) is 1. The average molecular weight is 402 g/mol. The molecule has 0 aliphatic heterocycles. The first-order valence-corrected chi connectivity index (χ1v) is 9.61. The Hall–Kier alpha value is -3.80. The summed E-state index contributed by atoms with van der Waals surface area (Å²) in [7, 11) is 3.23. The number of nitro groups is 1. The summed E-state index contributed by atoms with van der Waals surface area (Å²) in [6, 6.07) is 23.1. The Bertz CT molecular complexity index is 1160. The van der Waals surface area contributed by atoms with Crippen molar-refractivity contribution in [3.8, 4) is 22.8 Å². The number of hydrogen-bond donors (Lipinski definition) is 1. The van der Waals surface area contributed by atoms with E-state index in [9.17, 15) is 10.1 Å². The molecular formula is C24H22N2O4. The molecule has 3 aromatic carbocycles. The zero-order chi connectivity index (χ0) is 21.1. The first kappa shape index (κ1) is 19.5. The van der Waals surface area contributed by atoms with E-state index in [0.29, 0.717) is 5.75 Å². The van der Waals surface area contributed by atoms with Crippen LogP contribution >= 0.6 is 0 Å². The van der Waals surface area contributed by atoms with E-state index in [2.05, 4.69) is 4.98 Å². The summed E-state index contributed by atoms with van der Waals surface area (Å²) < 4.78 is 10.5. The number of ether oxygens (including phenoxy) is 2. The topological polar surface area (TPSA) is 77.4 Å². The quantitative estimate of drug-likeness (QED) is 0.338. The zero-order valence-corrected chi connectivity index (χ0v) is 16.8. The van der Waals surface area contributed by atoms with Crippen LogP contribution in [0.1, 0.15) is 17.0 Å². The molecule has 0 saturated carbocycles. The molecule has 0 amide bonds. The Morgan fingerprint density at radius 2 is 1.50 bits per heavy atom. The fraction of sp³-hybridized carbons (Fsp3) is 0.167. The van der Waals surface area contributed by atoms with Gasteiger partial charge in [0.25, 0.3) is 0 Å². The van der Waals surface area contributed by atoms with Crippen LogP contribution in [0.5, 0.6) is 11.5 Å². The molecular weight excluding hydrogens is 380 g/mol. The lowest BCUT2D eigenvalue weighted by Crippen LogP contribution is -2.14. The monoisotopic (exact) mass is 402 g/mol. The standard InChI is InChI=1S/C24H22N2O4/c1-29-18-11-7-16(8-12-18)21(15-26(27)28)23-20-5-3-4-6-22(20)25-24(23)17-9-13-19(30-2)14-10-17/h3-14,21,25H,15H2,1-2H3/t21-/m0/s1. The van der Waals surface area contributed by atoms with Crippen molar-refractivity contribution in [3.05, 3.63) is 94.0 Å². The van der Waals surface area contributed by atoms with Crippen LogP contribution < -0.4 is 9.47 Å². The molecule has 4 aromatic rings. The molecule has 0 radical (unpaired) electrons. The number of para-hydroxylation sites is 1. The van der Waals surface area contributed by atoms with E-state index in [1.54, 1.807) is 14.2 Å². The molecule has 1 N–H and O–H groups in total. The van der Waals surface area contributed by atoms with Crippen molar-refractivity contribution in [3.63, 3.8) is 0 Å². The van der Waals surface area contributed by atoms with Crippen molar-refractivity contribution in [1.29, 1.82) is 0 Å². The normalized spacial score (nSPS) is 11.9. The van der Waals surface area contributed by atoms with Crippen LogP contribution in [0.4, 0.5) is 0 Å². The lowest BCUT2D eigenvalue weighted by molar-refractivity contribution is -0.481. The second-order valence-corrected chi connectivity index (χ2v) is 7.03. The molecule has 0 unspecified atom stereocenters. The third kappa shape index (κ3) is 3.72. The minimum absolute atomic E-state index is 0.211. The van der Waals surface area contributed by atoms with Crippen LogP contribution in [-0.2, 0) is 0 Å². The smallest absolute Gasteiger partial charge is 0.214 e. The van der Waals surface area contributed by atoms with Crippen molar-refractivity contribution in [2.75, 3.05) is 20.8 Å². The number of benzene rings is 3. The molecule has 6 nitrogen and oxygen atoms in total. The highest BCUT2D eigenvalue weighted by Gasteiger charge is 2.27. The van der Waals surface area contributed by atoms with E-state index in [0.717, 1.165) is 39.0 Å². The highest BCUT2D eigenvalue weighted by molar-refractivity contribution is 5.92. The molecule has 0 fully saturated rings. The molecule has 152 valence electrons. The van der Waals surface area contributed by atoms with Crippen molar-refractivity contribution in [2.24, 2.45) is 0 Å². The summed E-state index contributed by atoms with van der Waals surface area (Å²) in [4.78, 5) is 14.8. The highest BCUT2D eigenvalue weighted by atomic mass is 16.6. The van der Waals surface area contributed by atoms with Crippen molar-refractivity contribution >= 4 is 10.9 Å². The van der Waals surface area contributed by atoms with Crippen LogP contribution in [0.25, 0.3) is 22.2 Å². The predicted octanol–water partition coefficient (Wildman–Crippen LogP) is 5.26. The molecule has 4 rings (SSSR count). The molecule has 1 aromatic heterocycles. The highest BCUT2D eigenvalue weighted by Crippen LogP contribution is 2.39. The van der Waals surface area contributed by atoms with Crippen molar-refractivity contribution in [2.45, 2.75) is 5.92 Å². The molecule has 1 heterocycles. The van der Waals surface area contributed by atoms with Gasteiger partial charge in [-0.1, -0.05) is 30.3 Å². The SMILES string of the molecule is COc1ccc(-c2[nH]c3ccccc3c2[C@@H](C[N+](=O)[O-])c2ccc(OC)cc2)cc1. The maximum atomic E-state index is 11.6. The summed E-state index contributed by atoms with van der Waals surface area (Å²) >= 11 is 0. The minimum atomic E-state index is -0.417. The maximum absolute atomic E-state index is 11.6. The van der Waals surface area contributed by atoms with Crippen LogP contribution in [-0.4, -0.2) is 30.7 Å². The van der Waals surface area contributed by atoms with Gasteiger partial charge in [0.1, 0.15) is 11.5 Å². The molecule has 6 heteroatoms. The summed E-state index contributed by atoms with van der Waals surface area (Å²) in [6.45, 7) is -0.211. The number of fused-ring (bicyclic) bond motifs is 1. The van der Waals surface area contributed by atoms with Crippen molar-refractivity contribution < 1.29 is 14.4 Å². The number of hydrogen-bond acceptors (Lipinski definition) is 4. The van der Waals surface area contributed by atoms with Gasteiger partial charge in [-0.15, -0.1) is 0 Å². The third-order valence-electron chi connectivity index (χ3n) is 5.32. The summed E-state index contributed by atoms with van der Waals surface area (Å²) in [5, 5.41) is 12.6. The molecule has 0 saturated heterocycles. The Morgan fingerprint density at radius 1 is 0.900 bits per heavy atom. The Balaban J connectivity index is 1.93.